The molecule has 31 heavy (non-hydrogen) atoms. The zero-order valence-corrected chi connectivity index (χ0v) is 21.6. The number of allylic oxidation sites excluding steroid dienone is 3. The second-order valence-corrected chi connectivity index (χ2v) is 13.5. The summed E-state index contributed by atoms with van der Waals surface area (Å²) in [6.07, 6.45) is 19.0. The molecule has 4 rings (SSSR count). The first kappa shape index (κ1) is 23.6. The Hall–Kier alpha value is -0.560. The van der Waals surface area contributed by atoms with Crippen LogP contribution in [0.15, 0.2) is 23.8 Å². The van der Waals surface area contributed by atoms with Crippen LogP contribution in [0.5, 0.6) is 0 Å². The van der Waals surface area contributed by atoms with Crippen molar-refractivity contribution in [3.05, 3.63) is 23.8 Å². The van der Waals surface area contributed by atoms with Gasteiger partial charge in [-0.15, -0.1) is 0 Å². The van der Waals surface area contributed by atoms with Gasteiger partial charge in [-0.3, -0.25) is 0 Å². The lowest BCUT2D eigenvalue weighted by Crippen LogP contribution is -2.50. The number of hydrogen-bond acceptors (Lipinski definition) is 1. The average Bonchev–Trinajstić information content (AvgIpc) is 3.05. The van der Waals surface area contributed by atoms with Gasteiger partial charge in [0.1, 0.15) is 0 Å². The summed E-state index contributed by atoms with van der Waals surface area (Å²) in [7, 11) is 0. The van der Waals surface area contributed by atoms with E-state index in [1.165, 1.54) is 44.9 Å². The van der Waals surface area contributed by atoms with E-state index in [1.807, 2.05) is 0 Å². The molecule has 1 heteroatoms. The van der Waals surface area contributed by atoms with Gasteiger partial charge in [0, 0.05) is 0 Å². The van der Waals surface area contributed by atoms with Gasteiger partial charge < -0.3 is 5.11 Å². The van der Waals surface area contributed by atoms with E-state index in [0.717, 1.165) is 36.5 Å². The molecule has 4 aliphatic rings. The number of aliphatic hydroxyl groups is 1. The van der Waals surface area contributed by atoms with Crippen LogP contribution < -0.4 is 0 Å². The van der Waals surface area contributed by atoms with Crippen molar-refractivity contribution in [3.63, 3.8) is 0 Å². The highest BCUT2D eigenvalue weighted by Crippen LogP contribution is 2.67. The highest BCUT2D eigenvalue weighted by Gasteiger charge is 2.58. The van der Waals surface area contributed by atoms with Crippen LogP contribution in [-0.4, -0.2) is 11.2 Å². The first-order valence-corrected chi connectivity index (χ1v) is 13.6. The summed E-state index contributed by atoms with van der Waals surface area (Å²) in [6.45, 7) is 17.2. The molecule has 1 nitrogen and oxygen atoms in total. The molecule has 3 saturated carbocycles. The van der Waals surface area contributed by atoms with Crippen molar-refractivity contribution in [2.75, 3.05) is 0 Å². The summed E-state index contributed by atoms with van der Waals surface area (Å²) in [4.78, 5) is 0. The summed E-state index contributed by atoms with van der Waals surface area (Å²) in [6, 6.07) is 0. The van der Waals surface area contributed by atoms with Gasteiger partial charge in [-0.05, 0) is 110 Å². The molecule has 176 valence electrons. The van der Waals surface area contributed by atoms with E-state index in [-0.39, 0.29) is 6.10 Å². The van der Waals surface area contributed by atoms with Crippen molar-refractivity contribution >= 4 is 0 Å². The highest BCUT2D eigenvalue weighted by molar-refractivity contribution is 5.25. The molecule has 9 atom stereocenters. The van der Waals surface area contributed by atoms with E-state index >= 15 is 0 Å². The molecule has 1 N–H and O–H groups in total. The minimum Gasteiger partial charge on any atom is -0.393 e. The Morgan fingerprint density at radius 3 is 2.48 bits per heavy atom. The van der Waals surface area contributed by atoms with Crippen LogP contribution >= 0.6 is 0 Å². The third kappa shape index (κ3) is 4.00. The first-order valence-electron chi connectivity index (χ1n) is 13.6. The maximum Gasteiger partial charge on any atom is 0.0577 e. The van der Waals surface area contributed by atoms with Crippen LogP contribution in [-0.2, 0) is 0 Å². The maximum absolute atomic E-state index is 10.3. The van der Waals surface area contributed by atoms with Gasteiger partial charge >= 0.3 is 0 Å². The van der Waals surface area contributed by atoms with E-state index in [0.29, 0.717) is 28.1 Å². The van der Waals surface area contributed by atoms with Crippen molar-refractivity contribution in [2.45, 2.75) is 112 Å². The molecule has 0 bridgehead atoms. The third-order valence-electron chi connectivity index (χ3n) is 11.0. The van der Waals surface area contributed by atoms with Crippen molar-refractivity contribution in [2.24, 2.45) is 51.8 Å². The lowest BCUT2D eigenvalue weighted by molar-refractivity contribution is -0.0540. The van der Waals surface area contributed by atoms with Gasteiger partial charge in [-0.25, -0.2) is 0 Å². The van der Waals surface area contributed by atoms with E-state index in [4.69, 9.17) is 0 Å². The molecule has 4 aliphatic carbocycles. The molecule has 1 unspecified atom stereocenters. The van der Waals surface area contributed by atoms with Crippen molar-refractivity contribution in [3.8, 4) is 0 Å². The van der Waals surface area contributed by atoms with Gasteiger partial charge in [-0.1, -0.05) is 72.3 Å². The molecule has 0 amide bonds. The summed E-state index contributed by atoms with van der Waals surface area (Å²) in [5.41, 5.74) is 2.85. The molecule has 0 aromatic heterocycles. The quantitative estimate of drug-likeness (QED) is 0.449. The lowest BCUT2D eigenvalue weighted by Gasteiger charge is -2.58. The standard InChI is InChI=1S/C30H50O/c1-8-21(28(3,4)5)10-9-20(2)25-13-14-26-24-12-11-22-19-23(31)15-17-29(22,6)27(24)16-18-30(25,26)7/h9-11,20-21,23-27,31H,8,12-19H2,1-7H3/b10-9+/t20-,21?,23+,24+,25-,26+,27+,29+,30-/m1/s1. The normalized spacial score (nSPS) is 44.9. The Morgan fingerprint density at radius 2 is 1.81 bits per heavy atom. The van der Waals surface area contributed by atoms with E-state index in [9.17, 15) is 5.11 Å². The van der Waals surface area contributed by atoms with E-state index < -0.39 is 0 Å². The maximum atomic E-state index is 10.3. The van der Waals surface area contributed by atoms with Crippen LogP contribution in [0.25, 0.3) is 0 Å². The van der Waals surface area contributed by atoms with Crippen molar-refractivity contribution in [1.82, 2.24) is 0 Å². The zero-order valence-electron chi connectivity index (χ0n) is 21.6. The minimum atomic E-state index is -0.0896. The monoisotopic (exact) mass is 426 g/mol. The van der Waals surface area contributed by atoms with Crippen LogP contribution in [0.2, 0.25) is 0 Å². The zero-order chi connectivity index (χ0) is 22.6. The Labute approximate surface area is 193 Å². The molecule has 0 spiro atoms. The highest BCUT2D eigenvalue weighted by atomic mass is 16.3. The fraction of sp³-hybridized carbons (Fsp3) is 0.867. The van der Waals surface area contributed by atoms with Crippen LogP contribution in [0.4, 0.5) is 0 Å². The summed E-state index contributed by atoms with van der Waals surface area (Å²) in [5, 5.41) is 10.3. The first-order chi connectivity index (χ1) is 14.5. The summed E-state index contributed by atoms with van der Waals surface area (Å²) < 4.78 is 0. The second kappa shape index (κ2) is 8.34. The fourth-order valence-electron chi connectivity index (χ4n) is 9.03. The molecule has 0 heterocycles. The lowest BCUT2D eigenvalue weighted by atomic mass is 9.47. The molecule has 0 saturated heterocycles. The Bertz CT molecular complexity index is 710. The summed E-state index contributed by atoms with van der Waals surface area (Å²) in [5.74, 6) is 4.85. The molecule has 0 aromatic rings. The van der Waals surface area contributed by atoms with Gasteiger partial charge in [0.05, 0.1) is 6.10 Å². The SMILES string of the molecule is CCC(/C=C/[C@@H](C)[C@H]1CC[C@H]2[C@@H]3CC=C4C[C@@H](O)CC[C@]4(C)[C@H]3CC[C@]12C)C(C)(C)C. The Kier molecular flexibility index (Phi) is 6.35. The minimum absolute atomic E-state index is 0.0896. The van der Waals surface area contributed by atoms with Crippen molar-refractivity contribution in [1.29, 1.82) is 0 Å². The molecule has 0 aliphatic heterocycles. The Balaban J connectivity index is 1.52. The summed E-state index contributed by atoms with van der Waals surface area (Å²) >= 11 is 0. The average molecular weight is 427 g/mol. The van der Waals surface area contributed by atoms with Crippen LogP contribution in [0.3, 0.4) is 0 Å². The van der Waals surface area contributed by atoms with Gasteiger partial charge in [0.2, 0.25) is 0 Å². The number of fused-ring (bicyclic) bond motifs is 5. The predicted octanol–water partition coefficient (Wildman–Crippen LogP) is 8.19. The van der Waals surface area contributed by atoms with Gasteiger partial charge in [0.25, 0.3) is 0 Å². The van der Waals surface area contributed by atoms with Gasteiger partial charge in [0.15, 0.2) is 0 Å². The predicted molar refractivity (Wildman–Crippen MR) is 133 cm³/mol. The van der Waals surface area contributed by atoms with E-state index in [1.54, 1.807) is 5.57 Å². The third-order valence-corrected chi connectivity index (χ3v) is 11.0. The van der Waals surface area contributed by atoms with Crippen molar-refractivity contribution < 1.29 is 5.11 Å². The number of rotatable bonds is 4. The number of aliphatic hydroxyl groups excluding tert-OH is 1. The molecular weight excluding hydrogens is 376 g/mol. The fourth-order valence-corrected chi connectivity index (χ4v) is 9.03. The topological polar surface area (TPSA) is 20.2 Å². The number of hydrogen-bond donors (Lipinski definition) is 1. The second-order valence-electron chi connectivity index (χ2n) is 13.5. The molecular formula is C30H50O. The molecule has 3 fully saturated rings. The molecule has 0 radical (unpaired) electrons. The largest absolute Gasteiger partial charge is 0.393 e. The molecule has 0 aromatic carbocycles. The Morgan fingerprint density at radius 1 is 1.06 bits per heavy atom. The van der Waals surface area contributed by atoms with Crippen LogP contribution in [0, 0.1) is 51.8 Å². The van der Waals surface area contributed by atoms with E-state index in [2.05, 4.69) is 66.7 Å². The smallest absolute Gasteiger partial charge is 0.0577 e. The van der Waals surface area contributed by atoms with Crippen LogP contribution in [0.1, 0.15) is 106 Å². The van der Waals surface area contributed by atoms with Gasteiger partial charge in [-0.2, -0.15) is 0 Å².